The van der Waals surface area contributed by atoms with E-state index in [1.54, 1.807) is 0 Å². The van der Waals surface area contributed by atoms with Crippen molar-refractivity contribution in [2.24, 2.45) is 23.0 Å². The molecule has 24 heavy (non-hydrogen) atoms. The van der Waals surface area contributed by atoms with E-state index in [4.69, 9.17) is 5.73 Å². The van der Waals surface area contributed by atoms with Crippen LogP contribution in [0.15, 0.2) is 53.3 Å². The van der Waals surface area contributed by atoms with Crippen LogP contribution in [0.1, 0.15) is 31.2 Å². The highest BCUT2D eigenvalue weighted by molar-refractivity contribution is 5.59. The minimum Gasteiger partial charge on any atom is -0.399 e. The van der Waals surface area contributed by atoms with Gasteiger partial charge in [-0.25, -0.2) is 0 Å². The highest BCUT2D eigenvalue weighted by Gasteiger charge is 2.53. The number of allylic oxidation sites excluding steroid dienone is 4. The normalized spacial score (nSPS) is 27.9. The summed E-state index contributed by atoms with van der Waals surface area (Å²) in [6.07, 6.45) is 3.91. The molecule has 118 valence electrons. The highest BCUT2D eigenvalue weighted by Crippen LogP contribution is 2.56. The van der Waals surface area contributed by atoms with Crippen LogP contribution in [0.3, 0.4) is 0 Å². The zero-order valence-electron chi connectivity index (χ0n) is 13.5. The second kappa shape index (κ2) is 5.88. The molecule has 3 rings (SSSR count). The molecule has 1 aromatic carbocycles. The van der Waals surface area contributed by atoms with E-state index in [2.05, 4.69) is 31.2 Å². The van der Waals surface area contributed by atoms with Crippen molar-refractivity contribution in [1.29, 1.82) is 15.8 Å². The van der Waals surface area contributed by atoms with Crippen LogP contribution >= 0.6 is 0 Å². The number of hydrogen-bond donors (Lipinski definition) is 1. The Morgan fingerprint density at radius 2 is 1.75 bits per heavy atom. The van der Waals surface area contributed by atoms with Gasteiger partial charge in [-0.1, -0.05) is 43.3 Å². The zero-order valence-corrected chi connectivity index (χ0v) is 13.5. The highest BCUT2D eigenvalue weighted by atomic mass is 14.7. The van der Waals surface area contributed by atoms with Crippen molar-refractivity contribution in [3.05, 3.63) is 58.8 Å². The van der Waals surface area contributed by atoms with Crippen LogP contribution in [0.4, 0.5) is 0 Å². The molecule has 0 unspecified atom stereocenters. The fourth-order valence-corrected chi connectivity index (χ4v) is 4.10. The van der Waals surface area contributed by atoms with Gasteiger partial charge in [0.25, 0.3) is 0 Å². The van der Waals surface area contributed by atoms with Gasteiger partial charge >= 0.3 is 0 Å². The van der Waals surface area contributed by atoms with E-state index in [0.29, 0.717) is 11.5 Å². The number of rotatable bonds is 1. The summed E-state index contributed by atoms with van der Waals surface area (Å²) in [5.74, 6) is -0.0325. The van der Waals surface area contributed by atoms with Crippen molar-refractivity contribution in [3.8, 4) is 18.2 Å². The predicted octanol–water partition coefficient (Wildman–Crippen LogP) is 3.53. The second-order valence-electron chi connectivity index (χ2n) is 6.60. The van der Waals surface area contributed by atoms with Gasteiger partial charge in [0.1, 0.15) is 6.07 Å². The zero-order chi connectivity index (χ0) is 17.3. The third-order valence-electron chi connectivity index (χ3n) is 5.27. The maximum absolute atomic E-state index is 9.88. The lowest BCUT2D eigenvalue weighted by atomic mass is 9.56. The smallest absolute Gasteiger partial charge is 0.191 e. The Morgan fingerprint density at radius 3 is 2.33 bits per heavy atom. The quantitative estimate of drug-likeness (QED) is 0.857. The molecular formula is C20H18N4. The van der Waals surface area contributed by atoms with E-state index < -0.39 is 5.41 Å². The summed E-state index contributed by atoms with van der Waals surface area (Å²) in [6, 6.07) is 16.1. The summed E-state index contributed by atoms with van der Waals surface area (Å²) in [4.78, 5) is 0. The Kier molecular flexibility index (Phi) is 3.88. The molecule has 0 aliphatic heterocycles. The Labute approximate surface area is 142 Å². The standard InChI is InChI=1S/C20H18N4/c1-13-7-8-15-16(9-13)17(10-21)19(24)20(11-22,12-23)18(15)14-5-3-2-4-6-14/h2-6,9,13,15,18H,7-8,24H2,1H3/t13-,15-,18+/m1/s1. The molecule has 0 spiro atoms. The predicted molar refractivity (Wildman–Crippen MR) is 89.6 cm³/mol. The van der Waals surface area contributed by atoms with Crippen molar-refractivity contribution < 1.29 is 0 Å². The molecule has 0 fully saturated rings. The summed E-state index contributed by atoms with van der Waals surface area (Å²) in [7, 11) is 0. The topological polar surface area (TPSA) is 97.4 Å². The summed E-state index contributed by atoms with van der Waals surface area (Å²) in [5, 5.41) is 29.4. The summed E-state index contributed by atoms with van der Waals surface area (Å²) >= 11 is 0. The molecule has 0 heterocycles. The number of nitrogens with zero attached hydrogens (tertiary/aromatic N) is 3. The molecule has 0 saturated heterocycles. The van der Waals surface area contributed by atoms with Crippen LogP contribution in [-0.4, -0.2) is 0 Å². The largest absolute Gasteiger partial charge is 0.399 e. The minimum atomic E-state index is -1.50. The van der Waals surface area contributed by atoms with Gasteiger partial charge in [0.15, 0.2) is 5.41 Å². The average Bonchev–Trinajstić information content (AvgIpc) is 2.62. The average molecular weight is 314 g/mol. The van der Waals surface area contributed by atoms with Gasteiger partial charge in [-0.05, 0) is 35.8 Å². The molecule has 0 bridgehead atoms. The molecule has 2 aliphatic carbocycles. The Balaban J connectivity index is 2.34. The van der Waals surface area contributed by atoms with Gasteiger partial charge in [0.05, 0.1) is 23.4 Å². The number of nitrogens with two attached hydrogens (primary N) is 1. The van der Waals surface area contributed by atoms with E-state index in [-0.39, 0.29) is 17.5 Å². The first-order chi connectivity index (χ1) is 11.6. The van der Waals surface area contributed by atoms with E-state index >= 15 is 0 Å². The lowest BCUT2D eigenvalue weighted by Crippen LogP contribution is -2.43. The SMILES string of the molecule is C[C@H]1C=C2C(C#N)=C(N)C(C#N)(C#N)[C@@H](c3ccccc3)[C@@H]2CC1. The third-order valence-corrected chi connectivity index (χ3v) is 5.27. The summed E-state index contributed by atoms with van der Waals surface area (Å²) in [5.41, 5.74) is 6.98. The van der Waals surface area contributed by atoms with Gasteiger partial charge < -0.3 is 5.73 Å². The molecule has 0 amide bonds. The fraction of sp³-hybridized carbons (Fsp3) is 0.350. The van der Waals surface area contributed by atoms with Gasteiger partial charge in [0, 0.05) is 5.92 Å². The minimum absolute atomic E-state index is 0.0372. The molecule has 3 atom stereocenters. The molecule has 2 N–H and O–H groups in total. The number of benzene rings is 1. The second-order valence-corrected chi connectivity index (χ2v) is 6.60. The van der Waals surface area contributed by atoms with Crippen LogP contribution < -0.4 is 5.73 Å². The maximum atomic E-state index is 9.88. The molecule has 0 aromatic heterocycles. The first-order valence-electron chi connectivity index (χ1n) is 8.09. The van der Waals surface area contributed by atoms with Gasteiger partial charge in [-0.3, -0.25) is 0 Å². The fourth-order valence-electron chi connectivity index (χ4n) is 4.10. The van der Waals surface area contributed by atoms with Crippen LogP contribution in [-0.2, 0) is 0 Å². The van der Waals surface area contributed by atoms with E-state index in [1.165, 1.54) is 0 Å². The summed E-state index contributed by atoms with van der Waals surface area (Å²) in [6.45, 7) is 2.11. The first-order valence-corrected chi connectivity index (χ1v) is 8.09. The number of nitriles is 3. The Hall–Kier alpha value is -3.03. The Bertz CT molecular complexity index is 828. The van der Waals surface area contributed by atoms with E-state index in [1.807, 2.05) is 30.3 Å². The molecule has 0 saturated carbocycles. The molecule has 0 radical (unpaired) electrons. The van der Waals surface area contributed by atoms with E-state index in [9.17, 15) is 15.8 Å². The number of hydrogen-bond acceptors (Lipinski definition) is 4. The third kappa shape index (κ3) is 2.10. The van der Waals surface area contributed by atoms with Crippen molar-refractivity contribution in [2.75, 3.05) is 0 Å². The monoisotopic (exact) mass is 314 g/mol. The Morgan fingerprint density at radius 1 is 1.08 bits per heavy atom. The number of fused-ring (bicyclic) bond motifs is 1. The lowest BCUT2D eigenvalue weighted by molar-refractivity contribution is 0.303. The molecule has 4 nitrogen and oxygen atoms in total. The van der Waals surface area contributed by atoms with Crippen LogP contribution in [0.2, 0.25) is 0 Å². The van der Waals surface area contributed by atoms with Gasteiger partial charge in [0.2, 0.25) is 0 Å². The van der Waals surface area contributed by atoms with Gasteiger partial charge in [-0.2, -0.15) is 15.8 Å². The van der Waals surface area contributed by atoms with Crippen LogP contribution in [0.25, 0.3) is 0 Å². The van der Waals surface area contributed by atoms with Crippen molar-refractivity contribution >= 4 is 0 Å². The molecular weight excluding hydrogens is 296 g/mol. The first kappa shape index (κ1) is 15.9. The molecule has 4 heteroatoms. The van der Waals surface area contributed by atoms with Crippen molar-refractivity contribution in [3.63, 3.8) is 0 Å². The lowest BCUT2D eigenvalue weighted by Gasteiger charge is -2.44. The van der Waals surface area contributed by atoms with Crippen LogP contribution in [0.5, 0.6) is 0 Å². The van der Waals surface area contributed by atoms with Crippen LogP contribution in [0, 0.1) is 51.2 Å². The van der Waals surface area contributed by atoms with Crippen molar-refractivity contribution in [2.45, 2.75) is 25.7 Å². The summed E-state index contributed by atoms with van der Waals surface area (Å²) < 4.78 is 0. The van der Waals surface area contributed by atoms with E-state index in [0.717, 1.165) is 24.0 Å². The van der Waals surface area contributed by atoms with Gasteiger partial charge in [-0.15, -0.1) is 0 Å². The molecule has 2 aliphatic rings. The molecule has 1 aromatic rings. The van der Waals surface area contributed by atoms with Crippen molar-refractivity contribution in [1.82, 2.24) is 0 Å². The maximum Gasteiger partial charge on any atom is 0.191 e.